The van der Waals surface area contributed by atoms with Crippen molar-refractivity contribution in [3.63, 3.8) is 0 Å². The van der Waals surface area contributed by atoms with Gasteiger partial charge in [0.05, 0.1) is 5.56 Å². The van der Waals surface area contributed by atoms with Gasteiger partial charge in [0.2, 0.25) is 0 Å². The Morgan fingerprint density at radius 2 is 2.14 bits per heavy atom. The van der Waals surface area contributed by atoms with Crippen LogP contribution >= 0.6 is 11.8 Å². The lowest BCUT2D eigenvalue weighted by molar-refractivity contribution is -0.137. The quantitative estimate of drug-likeness (QED) is 0.914. The number of thioether (sulfide) groups is 1. The second-order valence-corrected chi connectivity index (χ2v) is 6.29. The maximum Gasteiger partial charge on any atom is 0.416 e. The van der Waals surface area contributed by atoms with E-state index in [1.54, 1.807) is 11.8 Å². The van der Waals surface area contributed by atoms with E-state index in [4.69, 9.17) is 4.42 Å². The van der Waals surface area contributed by atoms with E-state index in [0.29, 0.717) is 11.6 Å². The molecule has 2 heterocycles. The van der Waals surface area contributed by atoms with Crippen LogP contribution in [0.25, 0.3) is 11.1 Å². The summed E-state index contributed by atoms with van der Waals surface area (Å²) in [4.78, 5) is 6.30. The molecule has 22 heavy (non-hydrogen) atoms. The van der Waals surface area contributed by atoms with Crippen LogP contribution in [0.4, 0.5) is 19.2 Å². The zero-order valence-corrected chi connectivity index (χ0v) is 12.1. The van der Waals surface area contributed by atoms with Crippen molar-refractivity contribution in [3.05, 3.63) is 35.4 Å². The van der Waals surface area contributed by atoms with Crippen LogP contribution in [0.3, 0.4) is 0 Å². The lowest BCUT2D eigenvalue weighted by Gasteiger charge is -2.24. The molecular formula is C14H12F3N3OS. The summed E-state index contributed by atoms with van der Waals surface area (Å²) in [7, 11) is 0. The zero-order chi connectivity index (χ0) is 15.3. The van der Waals surface area contributed by atoms with Gasteiger partial charge in [0.15, 0.2) is 11.1 Å². The fourth-order valence-corrected chi connectivity index (χ4v) is 3.31. The SMILES string of the molecule is FC(F)(F)c1ccc2oc(NC3SC=CN3C3CC3)nc2c1. The Balaban J connectivity index is 1.57. The zero-order valence-electron chi connectivity index (χ0n) is 11.3. The van der Waals surface area contributed by atoms with Crippen LogP contribution < -0.4 is 5.32 Å². The van der Waals surface area contributed by atoms with Gasteiger partial charge in [0, 0.05) is 12.2 Å². The number of alkyl halides is 3. The Morgan fingerprint density at radius 1 is 1.32 bits per heavy atom. The molecule has 1 N–H and O–H groups in total. The van der Waals surface area contributed by atoms with Crippen LogP contribution in [0.15, 0.2) is 34.2 Å². The normalized spacial score (nSPS) is 21.8. The van der Waals surface area contributed by atoms with Crippen LogP contribution in [0.1, 0.15) is 18.4 Å². The molecule has 8 heteroatoms. The molecule has 116 valence electrons. The Kier molecular flexibility index (Phi) is 3.04. The van der Waals surface area contributed by atoms with Gasteiger partial charge < -0.3 is 14.6 Å². The summed E-state index contributed by atoms with van der Waals surface area (Å²) in [6, 6.07) is 4.07. The van der Waals surface area contributed by atoms with E-state index < -0.39 is 11.7 Å². The monoisotopic (exact) mass is 327 g/mol. The number of nitrogens with one attached hydrogen (secondary N) is 1. The maximum atomic E-state index is 12.7. The van der Waals surface area contributed by atoms with Crippen molar-refractivity contribution in [2.75, 3.05) is 5.32 Å². The van der Waals surface area contributed by atoms with E-state index in [1.165, 1.54) is 6.07 Å². The molecule has 1 aromatic carbocycles. The Labute approximate surface area is 128 Å². The number of aromatic nitrogens is 1. The summed E-state index contributed by atoms with van der Waals surface area (Å²) in [5, 5.41) is 5.11. The summed E-state index contributed by atoms with van der Waals surface area (Å²) >= 11 is 1.59. The summed E-state index contributed by atoms with van der Waals surface area (Å²) in [5.41, 5.74) is -0.213. The molecule has 2 aromatic rings. The van der Waals surface area contributed by atoms with Gasteiger partial charge in [-0.05, 0) is 36.4 Å². The third kappa shape index (κ3) is 2.51. The molecule has 0 saturated heterocycles. The number of hydrogen-bond acceptors (Lipinski definition) is 5. The number of benzene rings is 1. The molecular weight excluding hydrogens is 315 g/mol. The number of nitrogens with zero attached hydrogens (tertiary/aromatic N) is 2. The van der Waals surface area contributed by atoms with Crippen LogP contribution in [0, 0.1) is 0 Å². The summed E-state index contributed by atoms with van der Waals surface area (Å²) in [6.45, 7) is 0. The van der Waals surface area contributed by atoms with Crippen molar-refractivity contribution >= 4 is 28.9 Å². The van der Waals surface area contributed by atoms with Gasteiger partial charge in [-0.25, -0.2) is 0 Å². The molecule has 1 aliphatic carbocycles. The highest BCUT2D eigenvalue weighted by Crippen LogP contribution is 2.37. The summed E-state index contributed by atoms with van der Waals surface area (Å²) in [5.74, 6) is 0. The van der Waals surface area contributed by atoms with Gasteiger partial charge in [-0.2, -0.15) is 18.2 Å². The Bertz CT molecular complexity index is 738. The van der Waals surface area contributed by atoms with Crippen LogP contribution in [-0.4, -0.2) is 21.4 Å². The van der Waals surface area contributed by atoms with Gasteiger partial charge >= 0.3 is 6.18 Å². The first-order valence-electron chi connectivity index (χ1n) is 6.84. The fourth-order valence-electron chi connectivity index (χ4n) is 2.39. The van der Waals surface area contributed by atoms with Crippen molar-refractivity contribution in [1.29, 1.82) is 0 Å². The average Bonchev–Trinajstić information content (AvgIpc) is 3.06. The van der Waals surface area contributed by atoms with E-state index in [0.717, 1.165) is 25.0 Å². The Hall–Kier alpha value is -1.83. The van der Waals surface area contributed by atoms with Crippen LogP contribution in [0.5, 0.6) is 0 Å². The average molecular weight is 327 g/mol. The highest BCUT2D eigenvalue weighted by Gasteiger charge is 2.35. The summed E-state index contributed by atoms with van der Waals surface area (Å²) in [6.07, 6.45) is -0.0453. The molecule has 1 aliphatic heterocycles. The third-order valence-corrected chi connectivity index (χ3v) is 4.54. The molecule has 1 atom stereocenters. The second-order valence-electron chi connectivity index (χ2n) is 5.30. The lowest BCUT2D eigenvalue weighted by atomic mass is 10.2. The minimum absolute atomic E-state index is 0.0253. The minimum atomic E-state index is -4.38. The smallest absolute Gasteiger partial charge is 0.416 e. The molecule has 0 radical (unpaired) electrons. The first kappa shape index (κ1) is 13.8. The van der Waals surface area contributed by atoms with Gasteiger partial charge in [0.1, 0.15) is 5.52 Å². The van der Waals surface area contributed by atoms with E-state index >= 15 is 0 Å². The van der Waals surface area contributed by atoms with Crippen LogP contribution in [0.2, 0.25) is 0 Å². The van der Waals surface area contributed by atoms with Crippen molar-refractivity contribution in [2.24, 2.45) is 0 Å². The van der Waals surface area contributed by atoms with Crippen LogP contribution in [-0.2, 0) is 6.18 Å². The first-order valence-corrected chi connectivity index (χ1v) is 7.79. The minimum Gasteiger partial charge on any atom is -0.424 e. The van der Waals surface area contributed by atoms with Crippen molar-refractivity contribution in [2.45, 2.75) is 30.6 Å². The molecule has 1 fully saturated rings. The molecule has 4 nitrogen and oxygen atoms in total. The predicted octanol–water partition coefficient (Wildman–Crippen LogP) is 4.22. The highest BCUT2D eigenvalue weighted by molar-refractivity contribution is 8.03. The van der Waals surface area contributed by atoms with E-state index in [9.17, 15) is 13.2 Å². The molecule has 0 bridgehead atoms. The molecule has 2 aliphatic rings. The van der Waals surface area contributed by atoms with Gasteiger partial charge in [-0.15, -0.1) is 0 Å². The fraction of sp³-hybridized carbons (Fsp3) is 0.357. The number of anilines is 1. The van der Waals surface area contributed by atoms with Gasteiger partial charge in [-0.1, -0.05) is 11.8 Å². The summed E-state index contributed by atoms with van der Waals surface area (Å²) < 4.78 is 43.6. The standard InChI is InChI=1S/C14H12F3N3OS/c15-14(16,17)8-1-4-11-10(7-8)18-12(21-11)19-13-20(5-6-22-13)9-2-3-9/h1,4-7,9,13H,2-3H2,(H,18,19). The molecule has 1 aromatic heterocycles. The number of hydrogen-bond donors (Lipinski definition) is 1. The number of rotatable bonds is 3. The van der Waals surface area contributed by atoms with E-state index in [-0.39, 0.29) is 17.0 Å². The van der Waals surface area contributed by atoms with Crippen molar-refractivity contribution in [3.8, 4) is 0 Å². The number of halogens is 3. The van der Waals surface area contributed by atoms with Gasteiger partial charge in [0.25, 0.3) is 6.01 Å². The predicted molar refractivity (Wildman–Crippen MR) is 78.0 cm³/mol. The second kappa shape index (κ2) is 4.84. The van der Waals surface area contributed by atoms with Gasteiger partial charge in [-0.3, -0.25) is 0 Å². The third-order valence-electron chi connectivity index (χ3n) is 3.64. The molecule has 1 unspecified atom stereocenters. The van der Waals surface area contributed by atoms with Crippen molar-refractivity contribution < 1.29 is 17.6 Å². The van der Waals surface area contributed by atoms with Crippen molar-refractivity contribution in [1.82, 2.24) is 9.88 Å². The molecule has 0 amide bonds. The topological polar surface area (TPSA) is 41.3 Å². The Morgan fingerprint density at radius 3 is 2.86 bits per heavy atom. The highest BCUT2D eigenvalue weighted by atomic mass is 32.2. The molecule has 1 saturated carbocycles. The number of oxazole rings is 1. The van der Waals surface area contributed by atoms with E-state index in [1.807, 2.05) is 11.6 Å². The molecule has 0 spiro atoms. The molecule has 4 rings (SSSR count). The first-order chi connectivity index (χ1) is 10.5. The van der Waals surface area contributed by atoms with E-state index in [2.05, 4.69) is 15.2 Å². The maximum absolute atomic E-state index is 12.7. The number of fused-ring (bicyclic) bond motifs is 1. The lowest BCUT2D eigenvalue weighted by Crippen LogP contribution is -2.33. The largest absolute Gasteiger partial charge is 0.424 e.